The standard InChI is InChI=1S/C14H12BrNOS/c15-12-3-1-2-4-13(12)17-9-10-5-7-11(8-6-10)14(16)18/h1-8H,9H2,(H2,16,18). The molecule has 2 N–H and O–H groups in total. The Hall–Kier alpha value is -1.39. The van der Waals surface area contributed by atoms with Gasteiger partial charge in [0, 0.05) is 5.56 Å². The first-order chi connectivity index (χ1) is 8.66. The molecule has 0 radical (unpaired) electrons. The molecule has 18 heavy (non-hydrogen) atoms. The fourth-order valence-electron chi connectivity index (χ4n) is 1.49. The van der Waals surface area contributed by atoms with Crippen LogP contribution in [0.15, 0.2) is 53.0 Å². The summed E-state index contributed by atoms with van der Waals surface area (Å²) in [4.78, 5) is 0.410. The van der Waals surface area contributed by atoms with Crippen molar-refractivity contribution >= 4 is 33.1 Å². The van der Waals surface area contributed by atoms with Gasteiger partial charge in [0.05, 0.1) is 4.47 Å². The lowest BCUT2D eigenvalue weighted by Gasteiger charge is -2.08. The molecule has 2 aromatic rings. The molecule has 92 valence electrons. The molecule has 0 aromatic heterocycles. The molecule has 0 aliphatic rings. The number of ether oxygens (including phenoxy) is 1. The van der Waals surface area contributed by atoms with Crippen molar-refractivity contribution in [1.82, 2.24) is 0 Å². The lowest BCUT2D eigenvalue weighted by molar-refractivity contribution is 0.304. The Morgan fingerprint density at radius 3 is 2.39 bits per heavy atom. The fraction of sp³-hybridized carbons (Fsp3) is 0.0714. The van der Waals surface area contributed by atoms with E-state index in [2.05, 4.69) is 15.9 Å². The van der Waals surface area contributed by atoms with Gasteiger partial charge in [-0.1, -0.05) is 48.6 Å². The normalized spacial score (nSPS) is 10.1. The Bertz CT molecular complexity index is 554. The third-order valence-corrected chi connectivity index (χ3v) is 3.36. The van der Waals surface area contributed by atoms with Gasteiger partial charge in [-0.15, -0.1) is 0 Å². The minimum Gasteiger partial charge on any atom is -0.488 e. The molecule has 0 bridgehead atoms. The van der Waals surface area contributed by atoms with Gasteiger partial charge < -0.3 is 10.5 Å². The molecular weight excluding hydrogens is 310 g/mol. The maximum Gasteiger partial charge on any atom is 0.133 e. The summed E-state index contributed by atoms with van der Waals surface area (Å²) in [6, 6.07) is 15.5. The van der Waals surface area contributed by atoms with E-state index in [1.165, 1.54) is 0 Å². The van der Waals surface area contributed by atoms with Crippen molar-refractivity contribution in [2.24, 2.45) is 5.73 Å². The van der Waals surface area contributed by atoms with E-state index in [0.717, 1.165) is 21.3 Å². The van der Waals surface area contributed by atoms with Crippen LogP contribution < -0.4 is 10.5 Å². The van der Waals surface area contributed by atoms with Crippen molar-refractivity contribution in [1.29, 1.82) is 0 Å². The summed E-state index contributed by atoms with van der Waals surface area (Å²) in [6.45, 7) is 0.514. The zero-order valence-electron chi connectivity index (χ0n) is 9.60. The van der Waals surface area contributed by atoms with Gasteiger partial charge in [0.15, 0.2) is 0 Å². The van der Waals surface area contributed by atoms with Gasteiger partial charge in [-0.3, -0.25) is 0 Å². The van der Waals surface area contributed by atoms with Crippen LogP contribution in [-0.2, 0) is 6.61 Å². The molecule has 4 heteroatoms. The summed E-state index contributed by atoms with van der Waals surface area (Å²) in [5, 5.41) is 0. The zero-order chi connectivity index (χ0) is 13.0. The summed E-state index contributed by atoms with van der Waals surface area (Å²) < 4.78 is 6.66. The molecule has 2 nitrogen and oxygen atoms in total. The number of nitrogens with two attached hydrogens (primary N) is 1. The highest BCUT2D eigenvalue weighted by Crippen LogP contribution is 2.24. The highest BCUT2D eigenvalue weighted by molar-refractivity contribution is 9.10. The molecule has 0 amide bonds. The zero-order valence-corrected chi connectivity index (χ0v) is 12.0. The van der Waals surface area contributed by atoms with E-state index in [1.54, 1.807) is 0 Å². The lowest BCUT2D eigenvalue weighted by atomic mass is 10.1. The lowest BCUT2D eigenvalue weighted by Crippen LogP contribution is -2.09. The summed E-state index contributed by atoms with van der Waals surface area (Å²) in [5.41, 5.74) is 7.49. The van der Waals surface area contributed by atoms with Crippen LogP contribution in [-0.4, -0.2) is 4.99 Å². The smallest absolute Gasteiger partial charge is 0.133 e. The maximum absolute atomic E-state index is 5.71. The van der Waals surface area contributed by atoms with Crippen molar-refractivity contribution in [3.05, 3.63) is 64.1 Å². The number of hydrogen-bond donors (Lipinski definition) is 1. The number of para-hydroxylation sites is 1. The minimum absolute atomic E-state index is 0.410. The molecular formula is C14H12BrNOS. The van der Waals surface area contributed by atoms with Gasteiger partial charge in [0.1, 0.15) is 17.3 Å². The number of thiocarbonyl (C=S) groups is 1. The topological polar surface area (TPSA) is 35.2 Å². The van der Waals surface area contributed by atoms with E-state index >= 15 is 0 Å². The van der Waals surface area contributed by atoms with Crippen LogP contribution in [0.2, 0.25) is 0 Å². The molecule has 2 aromatic carbocycles. The molecule has 0 atom stereocenters. The molecule has 0 spiro atoms. The van der Waals surface area contributed by atoms with Crippen LogP contribution in [0.5, 0.6) is 5.75 Å². The number of hydrogen-bond acceptors (Lipinski definition) is 2. The second-order valence-corrected chi connectivity index (χ2v) is 5.07. The first-order valence-corrected chi connectivity index (χ1v) is 6.63. The Morgan fingerprint density at radius 2 is 1.78 bits per heavy atom. The quantitative estimate of drug-likeness (QED) is 0.873. The molecule has 0 heterocycles. The van der Waals surface area contributed by atoms with Crippen molar-refractivity contribution in [2.75, 3.05) is 0 Å². The van der Waals surface area contributed by atoms with Crippen LogP contribution >= 0.6 is 28.1 Å². The van der Waals surface area contributed by atoms with Gasteiger partial charge in [-0.25, -0.2) is 0 Å². The van der Waals surface area contributed by atoms with Crippen LogP contribution in [0.1, 0.15) is 11.1 Å². The van der Waals surface area contributed by atoms with Crippen LogP contribution in [0, 0.1) is 0 Å². The Kier molecular flexibility index (Phi) is 4.33. The van der Waals surface area contributed by atoms with Crippen LogP contribution in [0.4, 0.5) is 0 Å². The van der Waals surface area contributed by atoms with Gasteiger partial charge in [-0.05, 0) is 33.6 Å². The molecule has 2 rings (SSSR count). The summed E-state index contributed by atoms with van der Waals surface area (Å²) in [7, 11) is 0. The van der Waals surface area contributed by atoms with E-state index in [-0.39, 0.29) is 0 Å². The van der Waals surface area contributed by atoms with Crippen molar-refractivity contribution < 1.29 is 4.74 Å². The Morgan fingerprint density at radius 1 is 1.11 bits per heavy atom. The minimum atomic E-state index is 0.410. The summed E-state index contributed by atoms with van der Waals surface area (Å²) in [5.74, 6) is 0.830. The molecule has 0 fully saturated rings. The monoisotopic (exact) mass is 321 g/mol. The first-order valence-electron chi connectivity index (χ1n) is 5.43. The second kappa shape index (κ2) is 5.98. The number of rotatable bonds is 4. The second-order valence-electron chi connectivity index (χ2n) is 3.78. The average Bonchev–Trinajstić information content (AvgIpc) is 2.38. The maximum atomic E-state index is 5.71. The highest BCUT2D eigenvalue weighted by atomic mass is 79.9. The molecule has 0 saturated heterocycles. The number of halogens is 1. The summed E-state index contributed by atoms with van der Waals surface area (Å²) in [6.07, 6.45) is 0. The molecule has 0 aliphatic carbocycles. The third kappa shape index (κ3) is 3.31. The predicted molar refractivity (Wildman–Crippen MR) is 80.8 cm³/mol. The van der Waals surface area contributed by atoms with E-state index in [4.69, 9.17) is 22.7 Å². The molecule has 0 unspecified atom stereocenters. The van der Waals surface area contributed by atoms with Crippen molar-refractivity contribution in [3.8, 4) is 5.75 Å². The number of benzene rings is 2. The highest BCUT2D eigenvalue weighted by Gasteiger charge is 2.01. The molecule has 0 aliphatic heterocycles. The van der Waals surface area contributed by atoms with Crippen molar-refractivity contribution in [3.63, 3.8) is 0 Å². The van der Waals surface area contributed by atoms with E-state index in [9.17, 15) is 0 Å². The van der Waals surface area contributed by atoms with E-state index < -0.39 is 0 Å². The van der Waals surface area contributed by atoms with E-state index in [1.807, 2.05) is 48.5 Å². The van der Waals surface area contributed by atoms with Crippen LogP contribution in [0.25, 0.3) is 0 Å². The van der Waals surface area contributed by atoms with Crippen LogP contribution in [0.3, 0.4) is 0 Å². The summed E-state index contributed by atoms with van der Waals surface area (Å²) >= 11 is 8.35. The largest absolute Gasteiger partial charge is 0.488 e. The van der Waals surface area contributed by atoms with Gasteiger partial charge in [0.25, 0.3) is 0 Å². The van der Waals surface area contributed by atoms with Gasteiger partial charge >= 0.3 is 0 Å². The van der Waals surface area contributed by atoms with Crippen molar-refractivity contribution in [2.45, 2.75) is 6.61 Å². The third-order valence-electron chi connectivity index (χ3n) is 2.47. The molecule has 0 saturated carbocycles. The van der Waals surface area contributed by atoms with Gasteiger partial charge in [0.2, 0.25) is 0 Å². The SMILES string of the molecule is NC(=S)c1ccc(COc2ccccc2Br)cc1. The Labute approximate surface area is 120 Å². The van der Waals surface area contributed by atoms with E-state index in [0.29, 0.717) is 11.6 Å². The Balaban J connectivity index is 2.02. The fourth-order valence-corrected chi connectivity index (χ4v) is 2.02. The first kappa shape index (κ1) is 13.1. The predicted octanol–water partition coefficient (Wildman–Crippen LogP) is 3.66. The average molecular weight is 322 g/mol. The van der Waals surface area contributed by atoms with Gasteiger partial charge in [-0.2, -0.15) is 0 Å².